The molecule has 10 heavy (non-hydrogen) atoms. The standard InChI is InChI=1S/C8H11NO/c9-6-5-7-1-3-8(10)4-2-7/h1-4,10H,5-6,9H2/i5D,6D. The van der Waals surface area contributed by atoms with Crippen LogP contribution in [0.3, 0.4) is 0 Å². The van der Waals surface area contributed by atoms with Crippen LogP contribution in [-0.2, 0) is 6.40 Å². The Kier molecular flexibility index (Phi) is 1.53. The highest BCUT2D eigenvalue weighted by Crippen LogP contribution is 2.09. The number of phenolic OH excluding ortho intramolecular Hbond substituents is 1. The van der Waals surface area contributed by atoms with Crippen molar-refractivity contribution in [3.63, 3.8) is 0 Å². The second kappa shape index (κ2) is 3.22. The third kappa shape index (κ3) is 1.74. The summed E-state index contributed by atoms with van der Waals surface area (Å²) in [4.78, 5) is 0. The summed E-state index contributed by atoms with van der Waals surface area (Å²) in [7, 11) is 0. The molecule has 0 amide bonds. The van der Waals surface area contributed by atoms with Crippen LogP contribution in [0.25, 0.3) is 0 Å². The zero-order valence-corrected chi connectivity index (χ0v) is 5.49. The number of hydrogen-bond acceptors (Lipinski definition) is 2. The molecule has 0 bridgehead atoms. The highest BCUT2D eigenvalue weighted by Gasteiger charge is 1.89. The molecule has 2 unspecified atom stereocenters. The van der Waals surface area contributed by atoms with Gasteiger partial charge in [0.05, 0.1) is 0 Å². The summed E-state index contributed by atoms with van der Waals surface area (Å²) >= 11 is 0. The molecular formula is C8H11NO. The van der Waals surface area contributed by atoms with Crippen LogP contribution < -0.4 is 5.73 Å². The number of hydrogen-bond donors (Lipinski definition) is 2. The maximum atomic E-state index is 8.94. The molecule has 0 fully saturated rings. The lowest BCUT2D eigenvalue weighted by Crippen LogP contribution is -2.01. The summed E-state index contributed by atoms with van der Waals surface area (Å²) in [6.07, 6.45) is -0.745. The van der Waals surface area contributed by atoms with Crippen LogP contribution >= 0.6 is 0 Å². The van der Waals surface area contributed by atoms with Gasteiger partial charge < -0.3 is 10.8 Å². The minimum absolute atomic E-state index is 0.157. The van der Waals surface area contributed by atoms with Crippen molar-refractivity contribution < 1.29 is 7.85 Å². The van der Waals surface area contributed by atoms with Crippen molar-refractivity contribution in [2.24, 2.45) is 5.73 Å². The quantitative estimate of drug-likeness (QED) is 0.639. The molecule has 1 aromatic rings. The van der Waals surface area contributed by atoms with Gasteiger partial charge in [-0.05, 0) is 30.6 Å². The van der Waals surface area contributed by atoms with Crippen molar-refractivity contribution in [3.05, 3.63) is 29.8 Å². The highest BCUT2D eigenvalue weighted by molar-refractivity contribution is 5.25. The summed E-state index contributed by atoms with van der Waals surface area (Å²) in [5.41, 5.74) is 5.87. The molecule has 0 radical (unpaired) electrons. The van der Waals surface area contributed by atoms with E-state index in [1.165, 1.54) is 12.1 Å². The van der Waals surface area contributed by atoms with Crippen LogP contribution in [0.15, 0.2) is 24.3 Å². The first-order valence-corrected chi connectivity index (χ1v) is 3.00. The molecule has 54 valence electrons. The lowest BCUT2D eigenvalue weighted by atomic mass is 10.1. The van der Waals surface area contributed by atoms with E-state index in [0.717, 1.165) is 0 Å². The normalized spacial score (nSPS) is 18.9. The number of rotatable bonds is 2. The minimum atomic E-state index is -0.936. The smallest absolute Gasteiger partial charge is 0.115 e. The number of phenols is 1. The third-order valence-corrected chi connectivity index (χ3v) is 1.18. The average molecular weight is 139 g/mol. The first-order valence-electron chi connectivity index (χ1n) is 4.16. The van der Waals surface area contributed by atoms with E-state index >= 15 is 0 Å². The van der Waals surface area contributed by atoms with Crippen molar-refractivity contribution >= 4 is 0 Å². The van der Waals surface area contributed by atoms with Gasteiger partial charge in [0.15, 0.2) is 0 Å². The Morgan fingerprint density at radius 2 is 2.00 bits per heavy atom. The fraction of sp³-hybridized carbons (Fsp3) is 0.250. The highest BCUT2D eigenvalue weighted by atomic mass is 16.3. The van der Waals surface area contributed by atoms with E-state index < -0.39 is 12.9 Å². The van der Waals surface area contributed by atoms with Crippen molar-refractivity contribution in [2.45, 2.75) is 6.40 Å². The number of nitrogens with two attached hydrogens (primary N) is 1. The van der Waals surface area contributed by atoms with Crippen LogP contribution in [0.1, 0.15) is 8.30 Å². The molecule has 0 saturated carbocycles. The van der Waals surface area contributed by atoms with Gasteiger partial charge in [0.25, 0.3) is 0 Å². The van der Waals surface area contributed by atoms with E-state index in [0.29, 0.717) is 5.56 Å². The van der Waals surface area contributed by atoms with Gasteiger partial charge in [0.2, 0.25) is 0 Å². The molecule has 2 atom stereocenters. The van der Waals surface area contributed by atoms with Gasteiger partial charge in [-0.25, -0.2) is 0 Å². The van der Waals surface area contributed by atoms with Gasteiger partial charge in [0, 0.05) is 2.74 Å². The lowest BCUT2D eigenvalue weighted by Gasteiger charge is -1.96. The molecule has 2 nitrogen and oxygen atoms in total. The summed E-state index contributed by atoms with van der Waals surface area (Å²) in [6, 6.07) is 6.17. The number of aromatic hydroxyl groups is 1. The maximum absolute atomic E-state index is 8.94. The van der Waals surface area contributed by atoms with Gasteiger partial charge in [0.1, 0.15) is 5.75 Å². The molecule has 3 N–H and O–H groups in total. The van der Waals surface area contributed by atoms with Crippen LogP contribution in [0.5, 0.6) is 5.75 Å². The van der Waals surface area contributed by atoms with Crippen LogP contribution in [0.4, 0.5) is 0 Å². The SMILES string of the molecule is [2H]C(N)C([2H])c1ccc(O)cc1. The molecule has 0 spiro atoms. The Morgan fingerprint density at radius 1 is 1.40 bits per heavy atom. The Labute approximate surface area is 63.1 Å². The molecular weight excluding hydrogens is 126 g/mol. The predicted molar refractivity (Wildman–Crippen MR) is 40.9 cm³/mol. The summed E-state index contributed by atoms with van der Waals surface area (Å²) < 4.78 is 14.5. The van der Waals surface area contributed by atoms with Crippen LogP contribution in [0, 0.1) is 0 Å². The van der Waals surface area contributed by atoms with E-state index in [1.807, 2.05) is 0 Å². The summed E-state index contributed by atoms with van der Waals surface area (Å²) in [5, 5.41) is 8.94. The van der Waals surface area contributed by atoms with Crippen molar-refractivity contribution in [3.8, 4) is 5.75 Å². The first kappa shape index (κ1) is 4.74. The molecule has 0 heterocycles. The fourth-order valence-electron chi connectivity index (χ4n) is 0.697. The van der Waals surface area contributed by atoms with E-state index in [9.17, 15) is 0 Å². The number of aryl methyl sites for hydroxylation is 1. The Bertz CT molecular complexity index is 248. The molecule has 1 aromatic carbocycles. The Hall–Kier alpha value is -1.02. The zero-order valence-electron chi connectivity index (χ0n) is 7.49. The zero-order chi connectivity index (χ0) is 9.14. The third-order valence-electron chi connectivity index (χ3n) is 1.18. The van der Waals surface area contributed by atoms with Crippen molar-refractivity contribution in [1.29, 1.82) is 0 Å². The van der Waals surface area contributed by atoms with E-state index in [-0.39, 0.29) is 5.75 Å². The monoisotopic (exact) mass is 139 g/mol. The van der Waals surface area contributed by atoms with Crippen LogP contribution in [0.2, 0.25) is 0 Å². The van der Waals surface area contributed by atoms with Gasteiger partial charge in [-0.2, -0.15) is 0 Å². The minimum Gasteiger partial charge on any atom is -0.508 e. The van der Waals surface area contributed by atoms with Gasteiger partial charge in [-0.15, -0.1) is 0 Å². The van der Waals surface area contributed by atoms with Crippen molar-refractivity contribution in [1.82, 2.24) is 0 Å². The number of benzene rings is 1. The van der Waals surface area contributed by atoms with Gasteiger partial charge >= 0.3 is 0 Å². The van der Waals surface area contributed by atoms with Gasteiger partial charge in [-0.3, -0.25) is 0 Å². The predicted octanol–water partition coefficient (Wildman–Crippen LogP) is 0.893. The first-order chi connectivity index (χ1) is 5.61. The second-order valence-electron chi connectivity index (χ2n) is 1.95. The summed E-state index contributed by atoms with van der Waals surface area (Å²) in [5.74, 6) is 0.157. The topological polar surface area (TPSA) is 46.2 Å². The molecule has 0 aliphatic rings. The molecule has 1 rings (SSSR count). The van der Waals surface area contributed by atoms with Gasteiger partial charge in [-0.1, -0.05) is 12.1 Å². The molecule has 0 aromatic heterocycles. The maximum Gasteiger partial charge on any atom is 0.115 e. The van der Waals surface area contributed by atoms with Crippen LogP contribution in [-0.4, -0.2) is 11.6 Å². The Morgan fingerprint density at radius 3 is 2.50 bits per heavy atom. The molecule has 0 aliphatic carbocycles. The molecule has 0 aliphatic heterocycles. The van der Waals surface area contributed by atoms with E-state index in [1.54, 1.807) is 12.1 Å². The van der Waals surface area contributed by atoms with E-state index in [4.69, 9.17) is 13.6 Å². The Balaban J connectivity index is 2.82. The second-order valence-corrected chi connectivity index (χ2v) is 1.95. The largest absolute Gasteiger partial charge is 0.508 e. The average Bonchev–Trinajstić information content (AvgIpc) is 2.04. The van der Waals surface area contributed by atoms with Crippen molar-refractivity contribution in [2.75, 3.05) is 6.52 Å². The lowest BCUT2D eigenvalue weighted by molar-refractivity contribution is 0.475. The van der Waals surface area contributed by atoms with E-state index in [2.05, 4.69) is 0 Å². The molecule has 2 heteroatoms. The molecule has 0 saturated heterocycles. The summed E-state index contributed by atoms with van der Waals surface area (Å²) in [6.45, 7) is -0.936. The fourth-order valence-corrected chi connectivity index (χ4v) is 0.697.